The van der Waals surface area contributed by atoms with E-state index in [1.165, 1.54) is 13.8 Å². The van der Waals surface area contributed by atoms with Gasteiger partial charge in [0, 0.05) is 11.3 Å². The highest BCUT2D eigenvalue weighted by Crippen LogP contribution is 2.82. The third-order valence-corrected chi connectivity index (χ3v) is 25.4. The zero-order valence-electron chi connectivity index (χ0n) is 52.6. The standard InChI is InChI=1S/C61H100O29/c1-21-47(76)55(4,5)17-28-60-16-12-27-57(8)14-13-30(56(6,7)26(57)11-15-58(27,9)59(60,10)18-29(64)61(21,28)54(79)90-60)84-53-46(89-50-40(74)36(70)33(67)24(19-62)82-50)42(41(75)43(86-53)48(77)78)85-52-45(38(72)34(68)25(20-63)83-52)88-51-44(37(71)32(66)23(3)81-51)87-49-39(73)35(69)31(65)22(2)80-49/h21-47,49-54,62-76,79H,11-20H2,1-10H3,(H,77,78)/t21-,22?,23?,24?,25?,26?,27?,28?,29+,30-,31-,32-,33-,34-,35-,36+,37-,38+,39?,40?,41-,42+,43?,44?,45?,46?,47-,49-,50-,51-,52-,53+,54-,57-,58+,59-,60-,61+/m0/s1. The Hall–Kier alpha value is -1.61. The monoisotopic (exact) mass is 1300 g/mol. The van der Waals surface area contributed by atoms with Crippen LogP contribution >= 0.6 is 0 Å². The van der Waals surface area contributed by atoms with Crippen molar-refractivity contribution in [3.63, 3.8) is 0 Å². The van der Waals surface area contributed by atoms with Gasteiger partial charge in [-0.1, -0.05) is 55.4 Å². The number of carbonyl (C=O) groups is 1. The van der Waals surface area contributed by atoms with Crippen LogP contribution in [0.3, 0.4) is 0 Å². The van der Waals surface area contributed by atoms with Gasteiger partial charge in [0.15, 0.2) is 43.8 Å². The maximum atomic E-state index is 13.4. The Labute approximate surface area is 521 Å². The van der Waals surface area contributed by atoms with Crippen molar-refractivity contribution in [1.29, 1.82) is 0 Å². The maximum absolute atomic E-state index is 13.4. The molecule has 1 spiro atoms. The molecule has 90 heavy (non-hydrogen) atoms. The van der Waals surface area contributed by atoms with E-state index < -0.39 is 241 Å². The lowest BCUT2D eigenvalue weighted by molar-refractivity contribution is -0.412. The minimum absolute atomic E-state index is 0.0373. The number of fused-ring (bicyclic) bond motifs is 4. The molecule has 17 N–H and O–H groups in total. The molecule has 0 aromatic rings. The fraction of sp³-hybridized carbons (Fsp3) is 0.984. The zero-order chi connectivity index (χ0) is 66.0. The first kappa shape index (κ1) is 69.7. The van der Waals surface area contributed by atoms with Gasteiger partial charge in [-0.25, -0.2) is 4.79 Å². The van der Waals surface area contributed by atoms with E-state index in [0.717, 1.165) is 6.42 Å². The van der Waals surface area contributed by atoms with Gasteiger partial charge in [0.2, 0.25) is 0 Å². The average molecular weight is 1300 g/mol. The van der Waals surface area contributed by atoms with Crippen LogP contribution in [0.15, 0.2) is 0 Å². The molecule has 5 saturated carbocycles. The van der Waals surface area contributed by atoms with Crippen LogP contribution in [0.25, 0.3) is 0 Å². The Bertz CT molecular complexity index is 2550. The minimum atomic E-state index is -2.33. The van der Waals surface area contributed by atoms with Crippen LogP contribution in [-0.2, 0) is 56.9 Å². The first-order chi connectivity index (χ1) is 41.9. The summed E-state index contributed by atoms with van der Waals surface area (Å²) in [6.45, 7) is 17.6. The SMILES string of the molecule is CC1O[C@@H](OC2[C@H](OC3[C@H](O[C@H]4C(O[C@@H]5OC(CO)[C@H](O)[C@@H](O)C5O)[C@H](O[C@H]5CC[C@@]6(C)C(CC[C@]7(C)C6CC[C@]68O[C@H](O)[C@]9(C6CC(C)(C)[C@@H](O)[C@@H]9C)[C@H](O)C[C@]87C)C5(C)C)OC(C(=O)O)[C@H]4O)OC(CO)[C@H](O)[C@H]3O)OC(C)[C@H](O)[C@@H]2O)C(O)[C@@H](O)[C@H]1O. The van der Waals surface area contributed by atoms with E-state index in [0.29, 0.717) is 44.9 Å². The Morgan fingerprint density at radius 1 is 0.478 bits per heavy atom. The Morgan fingerprint density at radius 3 is 1.58 bits per heavy atom. The number of carboxylic acid groups (broad SMARTS) is 1. The molecular formula is C61H100O29. The van der Waals surface area contributed by atoms with Crippen LogP contribution in [0.1, 0.15) is 121 Å². The number of rotatable bonds is 13. The Kier molecular flexibility index (Phi) is 18.9. The van der Waals surface area contributed by atoms with E-state index >= 15 is 0 Å². The van der Waals surface area contributed by atoms with Gasteiger partial charge >= 0.3 is 5.97 Å². The van der Waals surface area contributed by atoms with Gasteiger partial charge in [-0.05, 0) is 105 Å². The smallest absolute Gasteiger partial charge is 0.335 e. The van der Waals surface area contributed by atoms with Gasteiger partial charge in [-0.3, -0.25) is 0 Å². The summed E-state index contributed by atoms with van der Waals surface area (Å²) in [5.74, 6) is -2.54. The fourth-order valence-electron chi connectivity index (χ4n) is 20.1. The third kappa shape index (κ3) is 10.3. The van der Waals surface area contributed by atoms with Crippen molar-refractivity contribution in [1.82, 2.24) is 0 Å². The molecule has 11 aliphatic rings. The topological polar surface area (TPSA) is 463 Å². The van der Waals surface area contributed by atoms with E-state index in [1.54, 1.807) is 0 Å². The molecule has 0 amide bonds. The van der Waals surface area contributed by atoms with E-state index in [-0.39, 0.29) is 17.8 Å². The molecular weight excluding hydrogens is 1200 g/mol. The Balaban J connectivity index is 0.914. The normalized spacial score (nSPS) is 58.2. The molecule has 6 saturated heterocycles. The number of aliphatic hydroxyl groups excluding tert-OH is 16. The van der Waals surface area contributed by atoms with Crippen molar-refractivity contribution in [2.24, 2.45) is 56.2 Å². The number of aliphatic hydroxyl groups is 16. The summed E-state index contributed by atoms with van der Waals surface area (Å²) < 4.78 is 68.7. The van der Waals surface area contributed by atoms with Crippen molar-refractivity contribution in [3.05, 3.63) is 0 Å². The second kappa shape index (κ2) is 24.4. The molecule has 6 heterocycles. The van der Waals surface area contributed by atoms with Crippen LogP contribution in [0.5, 0.6) is 0 Å². The predicted octanol–water partition coefficient (Wildman–Crippen LogP) is -3.84. The number of hydrogen-bond donors (Lipinski definition) is 17. The molecule has 38 atom stereocenters. The molecule has 29 nitrogen and oxygen atoms in total. The molecule has 0 aromatic heterocycles. The summed E-state index contributed by atoms with van der Waals surface area (Å²) in [4.78, 5) is 13.4. The molecule has 29 heteroatoms. The van der Waals surface area contributed by atoms with Crippen LogP contribution in [0, 0.1) is 56.2 Å². The van der Waals surface area contributed by atoms with Gasteiger partial charge in [0.25, 0.3) is 0 Å². The van der Waals surface area contributed by atoms with Crippen molar-refractivity contribution >= 4 is 5.97 Å². The van der Waals surface area contributed by atoms with Gasteiger partial charge in [0.1, 0.15) is 104 Å². The first-order valence-corrected chi connectivity index (χ1v) is 32.2. The Morgan fingerprint density at radius 2 is 0.967 bits per heavy atom. The third-order valence-electron chi connectivity index (χ3n) is 25.4. The van der Waals surface area contributed by atoms with E-state index in [1.807, 2.05) is 34.6 Å². The number of aliphatic carboxylic acids is 1. The van der Waals surface area contributed by atoms with Gasteiger partial charge < -0.3 is 139 Å². The molecule has 0 aromatic carbocycles. The summed E-state index contributed by atoms with van der Waals surface area (Å²) in [6, 6.07) is 0. The summed E-state index contributed by atoms with van der Waals surface area (Å²) in [6.07, 6.45) is -47.0. The number of carboxylic acids is 1. The van der Waals surface area contributed by atoms with Gasteiger partial charge in [-0.15, -0.1) is 0 Å². The van der Waals surface area contributed by atoms with Crippen molar-refractivity contribution in [2.75, 3.05) is 13.2 Å². The maximum Gasteiger partial charge on any atom is 0.335 e. The minimum Gasteiger partial charge on any atom is -0.479 e. The van der Waals surface area contributed by atoms with E-state index in [2.05, 4.69) is 20.8 Å². The lowest BCUT2D eigenvalue weighted by Gasteiger charge is -2.75. The summed E-state index contributed by atoms with van der Waals surface area (Å²) in [5, 5.41) is 191. The van der Waals surface area contributed by atoms with Gasteiger partial charge in [0.05, 0.1) is 54.7 Å². The summed E-state index contributed by atoms with van der Waals surface area (Å²) >= 11 is 0. The average Bonchev–Trinajstić information content (AvgIpc) is 1.36. The highest BCUT2D eigenvalue weighted by atomic mass is 16.8. The summed E-state index contributed by atoms with van der Waals surface area (Å²) in [5.41, 5.74) is -4.75. The van der Waals surface area contributed by atoms with Crippen LogP contribution in [0.2, 0.25) is 0 Å². The first-order valence-electron chi connectivity index (χ1n) is 32.2. The van der Waals surface area contributed by atoms with Crippen molar-refractivity contribution in [3.8, 4) is 0 Å². The van der Waals surface area contributed by atoms with E-state index in [9.17, 15) is 91.6 Å². The molecule has 13 unspecified atom stereocenters. The fourth-order valence-corrected chi connectivity index (χ4v) is 20.1. The molecule has 2 bridgehead atoms. The van der Waals surface area contributed by atoms with E-state index in [4.69, 9.17) is 52.1 Å². The quantitative estimate of drug-likeness (QED) is 0.0785. The molecule has 518 valence electrons. The number of ether oxygens (including phenoxy) is 11. The molecule has 5 aliphatic carbocycles. The summed E-state index contributed by atoms with van der Waals surface area (Å²) in [7, 11) is 0. The number of hydrogen-bond acceptors (Lipinski definition) is 28. The molecule has 11 rings (SSSR count). The second-order valence-corrected chi connectivity index (χ2v) is 30.4. The lowest BCUT2D eigenvalue weighted by Crippen LogP contribution is -2.75. The van der Waals surface area contributed by atoms with Crippen molar-refractivity contribution < 1.29 is 144 Å². The zero-order valence-corrected chi connectivity index (χ0v) is 52.6. The molecule has 11 fully saturated rings. The lowest BCUT2D eigenvalue weighted by atomic mass is 9.30. The predicted molar refractivity (Wildman–Crippen MR) is 300 cm³/mol. The van der Waals surface area contributed by atoms with Crippen LogP contribution < -0.4 is 0 Å². The molecule has 0 radical (unpaired) electrons. The van der Waals surface area contributed by atoms with Crippen molar-refractivity contribution in [2.45, 2.75) is 304 Å². The van der Waals surface area contributed by atoms with Crippen LogP contribution in [-0.4, -0.2) is 290 Å². The largest absolute Gasteiger partial charge is 0.479 e. The highest BCUT2D eigenvalue weighted by molar-refractivity contribution is 5.73. The van der Waals surface area contributed by atoms with Crippen LogP contribution in [0.4, 0.5) is 0 Å². The highest BCUT2D eigenvalue weighted by Gasteiger charge is 2.84. The second-order valence-electron chi connectivity index (χ2n) is 30.4. The van der Waals surface area contributed by atoms with Gasteiger partial charge in [-0.2, -0.15) is 0 Å². The molecule has 6 aliphatic heterocycles.